The van der Waals surface area contributed by atoms with Crippen molar-refractivity contribution in [2.24, 2.45) is 0 Å². The first-order valence-electron chi connectivity index (χ1n) is 12.8. The van der Waals surface area contributed by atoms with Crippen LogP contribution in [0.25, 0.3) is 10.2 Å². The van der Waals surface area contributed by atoms with Crippen LogP contribution in [-0.4, -0.2) is 87.6 Å². The van der Waals surface area contributed by atoms with Gasteiger partial charge in [0, 0.05) is 32.7 Å². The molecule has 3 heterocycles. The molecule has 0 bridgehead atoms. The summed E-state index contributed by atoms with van der Waals surface area (Å²) in [5.41, 5.74) is 0.554. The quantitative estimate of drug-likeness (QED) is 0.369. The molecule has 5 rings (SSSR count). The van der Waals surface area contributed by atoms with Crippen LogP contribution in [-0.2, 0) is 19.6 Å². The Kier molecular flexibility index (Phi) is 8.69. The summed E-state index contributed by atoms with van der Waals surface area (Å²) < 4.78 is 53.2. The maximum Gasteiger partial charge on any atom is 0.247 e. The molecule has 0 saturated carbocycles. The second kappa shape index (κ2) is 12.0. The minimum Gasteiger partial charge on any atom is -0.494 e. The summed E-state index contributed by atoms with van der Waals surface area (Å²) in [6.45, 7) is 4.34. The predicted molar refractivity (Wildman–Crippen MR) is 149 cm³/mol. The van der Waals surface area contributed by atoms with E-state index in [-0.39, 0.29) is 17.3 Å². The summed E-state index contributed by atoms with van der Waals surface area (Å²) >= 11 is 7.74. The van der Waals surface area contributed by atoms with Gasteiger partial charge in [-0.2, -0.15) is 4.31 Å². The average molecular weight is 597 g/mol. The fourth-order valence-electron chi connectivity index (χ4n) is 5.00. The number of nitrogens with zero attached hydrogens (tertiary/aromatic N) is 4. The molecule has 0 N–H and O–H groups in total. The highest BCUT2D eigenvalue weighted by Crippen LogP contribution is 2.39. The lowest BCUT2D eigenvalue weighted by molar-refractivity contribution is -0.121. The third-order valence-corrected chi connectivity index (χ3v) is 10.5. The zero-order valence-corrected chi connectivity index (χ0v) is 23.9. The van der Waals surface area contributed by atoms with Crippen molar-refractivity contribution in [1.82, 2.24) is 14.2 Å². The molecule has 1 amide bonds. The number of methoxy groups -OCH3 is 1. The van der Waals surface area contributed by atoms with Crippen molar-refractivity contribution < 1.29 is 27.1 Å². The average Bonchev–Trinajstić information content (AvgIpc) is 3.61. The zero-order valence-electron chi connectivity index (χ0n) is 21.5. The lowest BCUT2D eigenvalue weighted by Gasteiger charge is -2.30. The molecule has 9 nitrogen and oxygen atoms in total. The van der Waals surface area contributed by atoms with Crippen LogP contribution in [0.15, 0.2) is 41.3 Å². The standard InChI is InChI=1S/C26H30ClFN4O5S2/c1-36-22-10-9-20(27)24-23(22)29-26(38-24)31(12-3-11-30-14-16-37-17-15-30)25(33)21-4-2-13-32(21)39(34,35)19-7-5-18(28)6-8-19/h5-10,21H,2-4,11-17H2,1H3. The molecule has 13 heteroatoms. The Morgan fingerprint density at radius 2 is 1.95 bits per heavy atom. The number of hydrogen-bond donors (Lipinski definition) is 0. The molecule has 2 saturated heterocycles. The van der Waals surface area contributed by atoms with Crippen LogP contribution in [0, 0.1) is 5.82 Å². The highest BCUT2D eigenvalue weighted by Gasteiger charge is 2.42. The van der Waals surface area contributed by atoms with Gasteiger partial charge in [0.05, 0.1) is 34.9 Å². The number of sulfonamides is 1. The van der Waals surface area contributed by atoms with Gasteiger partial charge in [-0.05, 0) is 55.7 Å². The molecule has 1 unspecified atom stereocenters. The van der Waals surface area contributed by atoms with E-state index in [2.05, 4.69) is 4.90 Å². The van der Waals surface area contributed by atoms with Crippen LogP contribution in [0.5, 0.6) is 5.75 Å². The molecule has 2 aromatic carbocycles. The second-order valence-corrected chi connectivity index (χ2v) is 12.7. The van der Waals surface area contributed by atoms with Crippen molar-refractivity contribution in [2.45, 2.75) is 30.2 Å². The number of halogens is 2. The molecule has 39 heavy (non-hydrogen) atoms. The van der Waals surface area contributed by atoms with Crippen molar-refractivity contribution in [3.8, 4) is 5.75 Å². The minimum absolute atomic E-state index is 0.0426. The van der Waals surface area contributed by atoms with Gasteiger partial charge in [0.1, 0.15) is 23.1 Å². The summed E-state index contributed by atoms with van der Waals surface area (Å²) in [6.07, 6.45) is 1.59. The molecular formula is C26H30ClFN4O5S2. The summed E-state index contributed by atoms with van der Waals surface area (Å²) in [6, 6.07) is 7.23. The van der Waals surface area contributed by atoms with E-state index in [0.29, 0.717) is 65.1 Å². The van der Waals surface area contributed by atoms with Crippen molar-refractivity contribution in [1.29, 1.82) is 0 Å². The van der Waals surface area contributed by atoms with Gasteiger partial charge >= 0.3 is 0 Å². The molecule has 1 aromatic heterocycles. The van der Waals surface area contributed by atoms with Gasteiger partial charge in [-0.25, -0.2) is 17.8 Å². The van der Waals surface area contributed by atoms with Gasteiger partial charge in [-0.15, -0.1) is 0 Å². The minimum atomic E-state index is -4.01. The summed E-state index contributed by atoms with van der Waals surface area (Å²) in [5, 5.41) is 0.936. The SMILES string of the molecule is COc1ccc(Cl)c2sc(N(CCCN3CCOCC3)C(=O)C3CCCN3S(=O)(=O)c3ccc(F)cc3)nc12. The van der Waals surface area contributed by atoms with Gasteiger partial charge in [0.15, 0.2) is 5.13 Å². The fourth-order valence-corrected chi connectivity index (χ4v) is 7.93. The number of rotatable bonds is 9. The molecule has 0 radical (unpaired) electrons. The summed E-state index contributed by atoms with van der Waals surface area (Å²) in [5.74, 6) is -0.326. The zero-order chi connectivity index (χ0) is 27.6. The number of thiazole rings is 1. The highest BCUT2D eigenvalue weighted by molar-refractivity contribution is 7.89. The van der Waals surface area contributed by atoms with Crippen LogP contribution in [0.1, 0.15) is 19.3 Å². The van der Waals surface area contributed by atoms with Crippen LogP contribution >= 0.6 is 22.9 Å². The number of fused-ring (bicyclic) bond motifs is 1. The monoisotopic (exact) mass is 596 g/mol. The predicted octanol–water partition coefficient (Wildman–Crippen LogP) is 4.01. The number of carbonyl (C=O) groups is 1. The van der Waals surface area contributed by atoms with Crippen molar-refractivity contribution >= 4 is 54.2 Å². The van der Waals surface area contributed by atoms with E-state index >= 15 is 0 Å². The molecule has 2 fully saturated rings. The number of morpholine rings is 1. The molecule has 0 aliphatic carbocycles. The Morgan fingerprint density at radius 3 is 2.67 bits per heavy atom. The smallest absolute Gasteiger partial charge is 0.247 e. The third-order valence-electron chi connectivity index (χ3n) is 7.03. The van der Waals surface area contributed by atoms with E-state index in [4.69, 9.17) is 26.1 Å². The van der Waals surface area contributed by atoms with E-state index < -0.39 is 21.9 Å². The molecule has 3 aromatic rings. The van der Waals surface area contributed by atoms with E-state index in [0.717, 1.165) is 31.8 Å². The largest absolute Gasteiger partial charge is 0.494 e. The number of aromatic nitrogens is 1. The number of anilines is 1. The number of carbonyl (C=O) groups excluding carboxylic acids is 1. The Hall–Kier alpha value is -2.35. The van der Waals surface area contributed by atoms with Crippen LogP contribution in [0.2, 0.25) is 5.02 Å². The topological polar surface area (TPSA) is 92.3 Å². The Balaban J connectivity index is 1.45. The lowest BCUT2D eigenvalue weighted by atomic mass is 10.2. The molecule has 210 valence electrons. The third kappa shape index (κ3) is 5.91. The molecule has 2 aliphatic heterocycles. The van der Waals surface area contributed by atoms with Crippen LogP contribution in [0.3, 0.4) is 0 Å². The lowest BCUT2D eigenvalue weighted by Crippen LogP contribution is -2.48. The van der Waals surface area contributed by atoms with E-state index in [1.165, 1.54) is 27.8 Å². The maximum atomic E-state index is 14.1. The molecule has 0 spiro atoms. The first kappa shape index (κ1) is 28.2. The number of benzene rings is 2. The highest BCUT2D eigenvalue weighted by atomic mass is 35.5. The van der Waals surface area contributed by atoms with E-state index in [9.17, 15) is 17.6 Å². The van der Waals surface area contributed by atoms with Gasteiger partial charge in [0.2, 0.25) is 15.9 Å². The summed E-state index contributed by atoms with van der Waals surface area (Å²) in [7, 11) is -2.46. The van der Waals surface area contributed by atoms with Crippen LogP contribution < -0.4 is 9.64 Å². The van der Waals surface area contributed by atoms with Crippen molar-refractivity contribution in [3.05, 3.63) is 47.2 Å². The molecule has 2 aliphatic rings. The number of amides is 1. The second-order valence-electron chi connectivity index (χ2n) is 9.45. The normalized spacial score (nSPS) is 19.0. The number of ether oxygens (including phenoxy) is 2. The van der Waals surface area contributed by atoms with Gasteiger partial charge in [-0.1, -0.05) is 22.9 Å². The van der Waals surface area contributed by atoms with Gasteiger partial charge < -0.3 is 9.47 Å². The van der Waals surface area contributed by atoms with E-state index in [1.54, 1.807) is 24.1 Å². The first-order chi connectivity index (χ1) is 18.8. The Labute approximate surface area is 236 Å². The van der Waals surface area contributed by atoms with Crippen molar-refractivity contribution in [2.75, 3.05) is 57.9 Å². The summed E-state index contributed by atoms with van der Waals surface area (Å²) in [4.78, 5) is 22.7. The maximum absolute atomic E-state index is 14.1. The molecule has 1 atom stereocenters. The fraction of sp³-hybridized carbons (Fsp3) is 0.462. The van der Waals surface area contributed by atoms with Crippen LogP contribution in [0.4, 0.5) is 9.52 Å². The van der Waals surface area contributed by atoms with Gasteiger partial charge in [0.25, 0.3) is 0 Å². The van der Waals surface area contributed by atoms with E-state index in [1.807, 2.05) is 0 Å². The molecular weight excluding hydrogens is 567 g/mol. The van der Waals surface area contributed by atoms with Crippen molar-refractivity contribution in [3.63, 3.8) is 0 Å². The first-order valence-corrected chi connectivity index (χ1v) is 15.4. The Morgan fingerprint density at radius 1 is 1.21 bits per heavy atom. The number of hydrogen-bond acceptors (Lipinski definition) is 8. The Bertz CT molecular complexity index is 1430. The van der Waals surface area contributed by atoms with Gasteiger partial charge in [-0.3, -0.25) is 14.6 Å².